The topological polar surface area (TPSA) is 49.3 Å². The molecule has 0 heterocycles. The second-order valence-electron chi connectivity index (χ2n) is 5.70. The molecule has 0 radical (unpaired) electrons. The van der Waals surface area contributed by atoms with Crippen molar-refractivity contribution in [1.29, 1.82) is 0 Å². The first-order valence-electron chi connectivity index (χ1n) is 7.09. The Kier molecular flexibility index (Phi) is 6.65. The zero-order valence-electron chi connectivity index (χ0n) is 12.4. The van der Waals surface area contributed by atoms with E-state index in [0.717, 1.165) is 12.0 Å². The lowest BCUT2D eigenvalue weighted by molar-refractivity contribution is 0.0937. The predicted octanol–water partition coefficient (Wildman–Crippen LogP) is 2.91. The van der Waals surface area contributed by atoms with Gasteiger partial charge in [0.25, 0.3) is 5.91 Å². The molecule has 0 saturated heterocycles. The number of aliphatic hydroxyl groups is 1. The first kappa shape index (κ1) is 16.6. The fraction of sp³-hybridized carbons (Fsp3) is 0.562. The maximum absolute atomic E-state index is 13.7. The van der Waals surface area contributed by atoms with Crippen LogP contribution in [0.3, 0.4) is 0 Å². The van der Waals surface area contributed by atoms with Gasteiger partial charge in [-0.2, -0.15) is 0 Å². The normalized spacial score (nSPS) is 12.5. The smallest absolute Gasteiger partial charge is 0.254 e. The van der Waals surface area contributed by atoms with Gasteiger partial charge in [-0.1, -0.05) is 19.9 Å². The third-order valence-corrected chi connectivity index (χ3v) is 3.26. The molecule has 1 unspecified atom stereocenters. The molecule has 0 aliphatic heterocycles. The van der Waals surface area contributed by atoms with E-state index >= 15 is 0 Å². The number of rotatable bonds is 7. The SMILES string of the molecule is Cc1ccc(C(=O)NCC(CCO)CC(C)C)c(F)c1. The lowest BCUT2D eigenvalue weighted by Gasteiger charge is -2.18. The Bertz CT molecular complexity index is 446. The highest BCUT2D eigenvalue weighted by molar-refractivity contribution is 5.94. The van der Waals surface area contributed by atoms with Gasteiger partial charge in [-0.3, -0.25) is 4.79 Å². The van der Waals surface area contributed by atoms with Crippen molar-refractivity contribution >= 4 is 5.91 Å². The van der Waals surface area contributed by atoms with Crippen molar-refractivity contribution in [3.8, 4) is 0 Å². The Morgan fingerprint density at radius 2 is 2.10 bits per heavy atom. The lowest BCUT2D eigenvalue weighted by Crippen LogP contribution is -2.31. The van der Waals surface area contributed by atoms with Crippen LogP contribution in [0.1, 0.15) is 42.6 Å². The van der Waals surface area contributed by atoms with Crippen LogP contribution in [0.15, 0.2) is 18.2 Å². The van der Waals surface area contributed by atoms with E-state index in [1.54, 1.807) is 13.0 Å². The zero-order chi connectivity index (χ0) is 15.1. The second-order valence-corrected chi connectivity index (χ2v) is 5.70. The summed E-state index contributed by atoms with van der Waals surface area (Å²) in [4.78, 5) is 12.0. The predicted molar refractivity (Wildman–Crippen MR) is 78.1 cm³/mol. The summed E-state index contributed by atoms with van der Waals surface area (Å²) in [5.74, 6) is -0.170. The molecule has 112 valence electrons. The van der Waals surface area contributed by atoms with Gasteiger partial charge in [0.15, 0.2) is 0 Å². The fourth-order valence-electron chi connectivity index (χ4n) is 2.29. The van der Waals surface area contributed by atoms with Crippen LogP contribution in [0, 0.1) is 24.6 Å². The second kappa shape index (κ2) is 8.00. The Balaban J connectivity index is 2.60. The monoisotopic (exact) mass is 281 g/mol. The van der Waals surface area contributed by atoms with E-state index in [1.165, 1.54) is 12.1 Å². The molecule has 4 heteroatoms. The molecule has 20 heavy (non-hydrogen) atoms. The van der Waals surface area contributed by atoms with Gasteiger partial charge in [-0.25, -0.2) is 4.39 Å². The molecule has 0 saturated carbocycles. The highest BCUT2D eigenvalue weighted by atomic mass is 19.1. The van der Waals surface area contributed by atoms with Gasteiger partial charge >= 0.3 is 0 Å². The van der Waals surface area contributed by atoms with Crippen LogP contribution in [0.4, 0.5) is 4.39 Å². The van der Waals surface area contributed by atoms with Gasteiger partial charge < -0.3 is 10.4 Å². The lowest BCUT2D eigenvalue weighted by atomic mass is 9.94. The first-order chi connectivity index (χ1) is 9.43. The number of carbonyl (C=O) groups excluding carboxylic acids is 1. The van der Waals surface area contributed by atoms with Gasteiger partial charge in [-0.15, -0.1) is 0 Å². The molecular formula is C16H24FNO2. The van der Waals surface area contributed by atoms with Crippen molar-refractivity contribution in [2.24, 2.45) is 11.8 Å². The fourth-order valence-corrected chi connectivity index (χ4v) is 2.29. The summed E-state index contributed by atoms with van der Waals surface area (Å²) in [5.41, 5.74) is 0.861. The number of nitrogens with one attached hydrogen (secondary N) is 1. The van der Waals surface area contributed by atoms with Gasteiger partial charge in [0.05, 0.1) is 5.56 Å². The van der Waals surface area contributed by atoms with Crippen molar-refractivity contribution in [2.45, 2.75) is 33.6 Å². The van der Waals surface area contributed by atoms with Crippen molar-refractivity contribution < 1.29 is 14.3 Å². The standard InChI is InChI=1S/C16H24FNO2/c1-11(2)8-13(6-7-19)10-18-16(20)14-5-4-12(3)9-15(14)17/h4-5,9,11,13,19H,6-8,10H2,1-3H3,(H,18,20). The molecule has 1 amide bonds. The van der Waals surface area contributed by atoms with Crippen LogP contribution in [-0.4, -0.2) is 24.2 Å². The first-order valence-corrected chi connectivity index (χ1v) is 7.09. The van der Waals surface area contributed by atoms with Crippen molar-refractivity contribution in [3.05, 3.63) is 35.1 Å². The molecule has 1 rings (SSSR count). The Morgan fingerprint density at radius 1 is 1.40 bits per heavy atom. The number of carbonyl (C=O) groups is 1. The van der Waals surface area contributed by atoms with E-state index in [1.807, 2.05) is 0 Å². The molecule has 0 fully saturated rings. The summed E-state index contributed by atoms with van der Waals surface area (Å²) in [5, 5.41) is 11.8. The molecule has 0 bridgehead atoms. The van der Waals surface area contributed by atoms with E-state index in [2.05, 4.69) is 19.2 Å². The average molecular weight is 281 g/mol. The van der Waals surface area contributed by atoms with Crippen LogP contribution >= 0.6 is 0 Å². The van der Waals surface area contributed by atoms with Crippen LogP contribution in [0.5, 0.6) is 0 Å². The minimum absolute atomic E-state index is 0.0721. The quantitative estimate of drug-likeness (QED) is 0.807. The Morgan fingerprint density at radius 3 is 2.65 bits per heavy atom. The summed E-state index contributed by atoms with van der Waals surface area (Å²) in [7, 11) is 0. The van der Waals surface area contributed by atoms with E-state index in [-0.39, 0.29) is 18.1 Å². The number of aliphatic hydroxyl groups excluding tert-OH is 1. The van der Waals surface area contributed by atoms with Crippen molar-refractivity contribution in [2.75, 3.05) is 13.2 Å². The number of amides is 1. The highest BCUT2D eigenvalue weighted by Gasteiger charge is 2.15. The van der Waals surface area contributed by atoms with E-state index in [9.17, 15) is 9.18 Å². The van der Waals surface area contributed by atoms with E-state index in [0.29, 0.717) is 18.9 Å². The molecule has 1 atom stereocenters. The highest BCUT2D eigenvalue weighted by Crippen LogP contribution is 2.15. The van der Waals surface area contributed by atoms with Crippen LogP contribution in [-0.2, 0) is 0 Å². The molecule has 1 aromatic carbocycles. The zero-order valence-corrected chi connectivity index (χ0v) is 12.4. The molecule has 0 aromatic heterocycles. The van der Waals surface area contributed by atoms with Gasteiger partial charge in [0.1, 0.15) is 5.82 Å². The van der Waals surface area contributed by atoms with Crippen molar-refractivity contribution in [1.82, 2.24) is 5.32 Å². The summed E-state index contributed by atoms with van der Waals surface area (Å²) >= 11 is 0. The number of hydrogen-bond acceptors (Lipinski definition) is 2. The van der Waals surface area contributed by atoms with Crippen LogP contribution in [0.2, 0.25) is 0 Å². The van der Waals surface area contributed by atoms with E-state index < -0.39 is 11.7 Å². The molecule has 0 aliphatic rings. The number of benzene rings is 1. The molecular weight excluding hydrogens is 257 g/mol. The third-order valence-electron chi connectivity index (χ3n) is 3.26. The third kappa shape index (κ3) is 5.29. The number of halogens is 1. The summed E-state index contributed by atoms with van der Waals surface area (Å²) in [6.45, 7) is 6.55. The van der Waals surface area contributed by atoms with Gasteiger partial charge in [0.2, 0.25) is 0 Å². The van der Waals surface area contributed by atoms with Crippen LogP contribution < -0.4 is 5.32 Å². The maximum atomic E-state index is 13.7. The number of aryl methyl sites for hydroxylation is 1. The number of hydrogen-bond donors (Lipinski definition) is 2. The van der Waals surface area contributed by atoms with Crippen molar-refractivity contribution in [3.63, 3.8) is 0 Å². The molecule has 1 aromatic rings. The Hall–Kier alpha value is -1.42. The van der Waals surface area contributed by atoms with Crippen LogP contribution in [0.25, 0.3) is 0 Å². The average Bonchev–Trinajstić information content (AvgIpc) is 2.35. The van der Waals surface area contributed by atoms with Gasteiger partial charge in [0, 0.05) is 13.2 Å². The molecule has 0 spiro atoms. The molecule has 2 N–H and O–H groups in total. The maximum Gasteiger partial charge on any atom is 0.254 e. The minimum atomic E-state index is -0.495. The van der Waals surface area contributed by atoms with E-state index in [4.69, 9.17) is 5.11 Å². The molecule has 0 aliphatic carbocycles. The Labute approximate surface area is 120 Å². The van der Waals surface area contributed by atoms with Gasteiger partial charge in [-0.05, 0) is 49.3 Å². The molecule has 3 nitrogen and oxygen atoms in total. The summed E-state index contributed by atoms with van der Waals surface area (Å²) in [6, 6.07) is 4.58. The summed E-state index contributed by atoms with van der Waals surface area (Å²) in [6.07, 6.45) is 1.58. The largest absolute Gasteiger partial charge is 0.396 e. The minimum Gasteiger partial charge on any atom is -0.396 e. The summed E-state index contributed by atoms with van der Waals surface area (Å²) < 4.78 is 13.7.